The maximum Gasteiger partial charge on any atom is 0.244 e. The summed E-state index contributed by atoms with van der Waals surface area (Å²) in [5.74, 6) is 0. The van der Waals surface area contributed by atoms with Crippen molar-refractivity contribution in [3.8, 4) is 0 Å². The number of anilines is 1. The average molecular weight is 283 g/mol. The van der Waals surface area contributed by atoms with Crippen LogP contribution in [0.3, 0.4) is 0 Å². The van der Waals surface area contributed by atoms with E-state index in [2.05, 4.69) is 9.71 Å². The molecule has 0 aliphatic heterocycles. The SMILES string of the molecule is Nc1ccncc1S(=O)(=O)NC1CCCCCCC1. The molecule has 19 heavy (non-hydrogen) atoms. The van der Waals surface area contributed by atoms with Gasteiger partial charge in [0.25, 0.3) is 0 Å². The molecule has 106 valence electrons. The second-order valence-corrected chi connectivity index (χ2v) is 6.76. The molecule has 1 aromatic rings. The third kappa shape index (κ3) is 3.91. The molecule has 0 saturated heterocycles. The first-order valence-corrected chi connectivity index (χ1v) is 8.30. The van der Waals surface area contributed by atoms with Gasteiger partial charge in [0.05, 0.1) is 5.69 Å². The Bertz CT molecular complexity index is 508. The van der Waals surface area contributed by atoms with Crippen molar-refractivity contribution in [3.05, 3.63) is 18.5 Å². The van der Waals surface area contributed by atoms with Gasteiger partial charge in [-0.05, 0) is 18.9 Å². The largest absolute Gasteiger partial charge is 0.398 e. The Labute approximate surface area is 114 Å². The quantitative estimate of drug-likeness (QED) is 0.889. The number of nitrogen functional groups attached to an aromatic ring is 1. The summed E-state index contributed by atoms with van der Waals surface area (Å²) in [7, 11) is -3.56. The molecule has 1 fully saturated rings. The molecule has 6 heteroatoms. The summed E-state index contributed by atoms with van der Waals surface area (Å²) < 4.78 is 27.3. The van der Waals surface area contributed by atoms with E-state index < -0.39 is 10.0 Å². The molecule has 1 aliphatic rings. The standard InChI is InChI=1S/C13H21N3O2S/c14-12-8-9-15-10-13(12)19(17,18)16-11-6-4-2-1-3-5-7-11/h8-11,16H,1-7H2,(H2,14,15). The Morgan fingerprint density at radius 3 is 2.42 bits per heavy atom. The van der Waals surface area contributed by atoms with Crippen LogP contribution < -0.4 is 10.5 Å². The minimum Gasteiger partial charge on any atom is -0.398 e. The number of aromatic nitrogens is 1. The summed E-state index contributed by atoms with van der Waals surface area (Å²) in [5.41, 5.74) is 5.95. The fourth-order valence-electron chi connectivity index (χ4n) is 2.47. The number of hydrogen-bond acceptors (Lipinski definition) is 4. The lowest BCUT2D eigenvalue weighted by Gasteiger charge is -2.21. The van der Waals surface area contributed by atoms with Gasteiger partial charge in [-0.3, -0.25) is 4.98 Å². The zero-order valence-electron chi connectivity index (χ0n) is 11.0. The number of nitrogens with zero attached hydrogens (tertiary/aromatic N) is 1. The van der Waals surface area contributed by atoms with Gasteiger partial charge in [-0.1, -0.05) is 32.1 Å². The Hall–Kier alpha value is -1.14. The third-order valence-electron chi connectivity index (χ3n) is 3.53. The molecule has 0 spiro atoms. The molecule has 0 amide bonds. The van der Waals surface area contributed by atoms with Gasteiger partial charge in [-0.15, -0.1) is 0 Å². The number of sulfonamides is 1. The van der Waals surface area contributed by atoms with Crippen molar-refractivity contribution in [1.29, 1.82) is 0 Å². The van der Waals surface area contributed by atoms with Gasteiger partial charge in [-0.2, -0.15) is 0 Å². The molecule has 0 aromatic carbocycles. The number of nitrogens with one attached hydrogen (secondary N) is 1. The Balaban J connectivity index is 2.10. The second kappa shape index (κ2) is 6.34. The molecule has 1 aliphatic carbocycles. The van der Waals surface area contributed by atoms with Crippen LogP contribution in [0.4, 0.5) is 5.69 Å². The van der Waals surface area contributed by atoms with Crippen LogP contribution in [0.1, 0.15) is 44.9 Å². The van der Waals surface area contributed by atoms with Crippen LogP contribution in [0, 0.1) is 0 Å². The molecule has 0 unspecified atom stereocenters. The van der Waals surface area contributed by atoms with Crippen molar-refractivity contribution in [3.63, 3.8) is 0 Å². The van der Waals surface area contributed by atoms with Crippen LogP contribution in [0.2, 0.25) is 0 Å². The van der Waals surface area contributed by atoms with E-state index in [-0.39, 0.29) is 16.6 Å². The molecular weight excluding hydrogens is 262 g/mol. The lowest BCUT2D eigenvalue weighted by atomic mass is 9.97. The van der Waals surface area contributed by atoms with E-state index in [9.17, 15) is 8.42 Å². The van der Waals surface area contributed by atoms with Crippen LogP contribution in [-0.4, -0.2) is 19.4 Å². The van der Waals surface area contributed by atoms with Crippen molar-refractivity contribution in [2.24, 2.45) is 0 Å². The molecule has 0 bridgehead atoms. The molecule has 2 rings (SSSR count). The minimum atomic E-state index is -3.56. The summed E-state index contributed by atoms with van der Waals surface area (Å²) >= 11 is 0. The van der Waals surface area contributed by atoms with Crippen molar-refractivity contribution < 1.29 is 8.42 Å². The van der Waals surface area contributed by atoms with Crippen LogP contribution in [0.5, 0.6) is 0 Å². The topological polar surface area (TPSA) is 85.1 Å². The minimum absolute atomic E-state index is 0.0184. The molecule has 1 aromatic heterocycles. The van der Waals surface area contributed by atoms with E-state index >= 15 is 0 Å². The smallest absolute Gasteiger partial charge is 0.244 e. The Kier molecular flexibility index (Phi) is 4.76. The Morgan fingerprint density at radius 1 is 1.16 bits per heavy atom. The van der Waals surface area contributed by atoms with Crippen molar-refractivity contribution in [2.75, 3.05) is 5.73 Å². The van der Waals surface area contributed by atoms with Gasteiger partial charge in [0, 0.05) is 18.4 Å². The molecule has 1 heterocycles. The maximum atomic E-state index is 12.3. The van der Waals surface area contributed by atoms with Gasteiger partial charge < -0.3 is 5.73 Å². The van der Waals surface area contributed by atoms with Crippen molar-refractivity contribution in [1.82, 2.24) is 9.71 Å². The predicted molar refractivity (Wildman–Crippen MR) is 75.1 cm³/mol. The van der Waals surface area contributed by atoms with Gasteiger partial charge in [0.15, 0.2) is 0 Å². The number of hydrogen-bond donors (Lipinski definition) is 2. The van der Waals surface area contributed by atoms with Crippen LogP contribution in [-0.2, 0) is 10.0 Å². The van der Waals surface area contributed by atoms with Gasteiger partial charge in [0.1, 0.15) is 4.90 Å². The van der Waals surface area contributed by atoms with Crippen LogP contribution in [0.25, 0.3) is 0 Å². The molecule has 5 nitrogen and oxygen atoms in total. The van der Waals surface area contributed by atoms with E-state index in [4.69, 9.17) is 5.73 Å². The van der Waals surface area contributed by atoms with E-state index in [1.165, 1.54) is 37.7 Å². The maximum absolute atomic E-state index is 12.3. The lowest BCUT2D eigenvalue weighted by Crippen LogP contribution is -2.35. The van der Waals surface area contributed by atoms with Gasteiger partial charge in [-0.25, -0.2) is 13.1 Å². The molecule has 0 radical (unpaired) electrons. The number of rotatable bonds is 3. The highest BCUT2D eigenvalue weighted by Crippen LogP contribution is 2.21. The first-order chi connectivity index (χ1) is 9.09. The Morgan fingerprint density at radius 2 is 1.79 bits per heavy atom. The molecule has 0 atom stereocenters. The average Bonchev–Trinajstić information content (AvgIpc) is 2.33. The third-order valence-corrected chi connectivity index (χ3v) is 5.10. The second-order valence-electron chi connectivity index (χ2n) is 5.08. The molecular formula is C13H21N3O2S. The fourth-order valence-corrected chi connectivity index (χ4v) is 3.85. The first-order valence-electron chi connectivity index (χ1n) is 6.81. The van der Waals surface area contributed by atoms with Crippen molar-refractivity contribution in [2.45, 2.75) is 55.9 Å². The fraction of sp³-hybridized carbons (Fsp3) is 0.615. The van der Waals surface area contributed by atoms with Gasteiger partial charge in [0.2, 0.25) is 10.0 Å². The zero-order chi connectivity index (χ0) is 13.7. The van der Waals surface area contributed by atoms with E-state index in [1.54, 1.807) is 0 Å². The zero-order valence-corrected chi connectivity index (χ0v) is 11.8. The monoisotopic (exact) mass is 283 g/mol. The summed E-state index contributed by atoms with van der Waals surface area (Å²) in [6.45, 7) is 0. The van der Waals surface area contributed by atoms with E-state index in [0.717, 1.165) is 25.7 Å². The highest BCUT2D eigenvalue weighted by Gasteiger charge is 2.22. The summed E-state index contributed by atoms with van der Waals surface area (Å²) in [4.78, 5) is 3.92. The molecule has 3 N–H and O–H groups in total. The van der Waals surface area contributed by atoms with Crippen LogP contribution >= 0.6 is 0 Å². The summed E-state index contributed by atoms with van der Waals surface area (Å²) in [6, 6.07) is 1.53. The predicted octanol–water partition coefficient (Wildman–Crippen LogP) is 2.05. The van der Waals surface area contributed by atoms with E-state index in [0.29, 0.717) is 0 Å². The summed E-state index contributed by atoms with van der Waals surface area (Å²) in [6.07, 6.45) is 10.4. The van der Waals surface area contributed by atoms with Crippen molar-refractivity contribution >= 4 is 15.7 Å². The van der Waals surface area contributed by atoms with Crippen LogP contribution in [0.15, 0.2) is 23.4 Å². The normalized spacial score (nSPS) is 18.7. The first kappa shape index (κ1) is 14.3. The number of nitrogens with two attached hydrogens (primary N) is 1. The lowest BCUT2D eigenvalue weighted by molar-refractivity contribution is 0.426. The summed E-state index contributed by atoms with van der Waals surface area (Å²) in [5, 5.41) is 0. The van der Waals surface area contributed by atoms with E-state index in [1.807, 2.05) is 0 Å². The van der Waals surface area contributed by atoms with Gasteiger partial charge >= 0.3 is 0 Å². The highest BCUT2D eigenvalue weighted by atomic mass is 32.2. The molecule has 1 saturated carbocycles. The number of pyridine rings is 1. The highest BCUT2D eigenvalue weighted by molar-refractivity contribution is 7.89.